The molecule has 0 bridgehead atoms. The molecule has 0 saturated heterocycles. The molecular weight excluding hydrogens is 320 g/mol. The molecule has 2 unspecified atom stereocenters. The minimum absolute atomic E-state index is 0.133. The van der Waals surface area contributed by atoms with Crippen molar-refractivity contribution >= 4 is 5.91 Å². The number of aliphatic hydroxyl groups excluding tert-OH is 1. The van der Waals surface area contributed by atoms with Crippen molar-refractivity contribution in [3.8, 4) is 5.75 Å². The summed E-state index contributed by atoms with van der Waals surface area (Å²) >= 11 is 0. The number of aliphatic hydroxyl groups is 1. The lowest BCUT2D eigenvalue weighted by Gasteiger charge is -2.17. The molecule has 0 radical (unpaired) electrons. The molecule has 2 N–H and O–H groups in total. The Morgan fingerprint density at radius 1 is 1.38 bits per heavy atom. The SMILES string of the molecule is CCOc1ccc(F)c(C(=O)NC(C)CC(O)c2ccco2)c1F. The minimum Gasteiger partial charge on any atom is -0.491 e. The van der Waals surface area contributed by atoms with E-state index in [2.05, 4.69) is 5.32 Å². The van der Waals surface area contributed by atoms with Crippen molar-refractivity contribution in [1.82, 2.24) is 5.32 Å². The molecule has 0 spiro atoms. The van der Waals surface area contributed by atoms with E-state index in [9.17, 15) is 18.7 Å². The molecular formula is C17H19F2NO4. The van der Waals surface area contributed by atoms with Crippen LogP contribution in [0.15, 0.2) is 34.9 Å². The Kier molecular flexibility index (Phi) is 5.92. The maximum absolute atomic E-state index is 14.2. The third-order valence-electron chi connectivity index (χ3n) is 3.41. The summed E-state index contributed by atoms with van der Waals surface area (Å²) in [7, 11) is 0. The van der Waals surface area contributed by atoms with Gasteiger partial charge in [0.2, 0.25) is 0 Å². The van der Waals surface area contributed by atoms with Gasteiger partial charge in [0.1, 0.15) is 23.2 Å². The summed E-state index contributed by atoms with van der Waals surface area (Å²) in [6.07, 6.45) is 0.624. The number of halogens is 2. The van der Waals surface area contributed by atoms with Crippen LogP contribution < -0.4 is 10.1 Å². The summed E-state index contributed by atoms with van der Waals surface area (Å²) in [6, 6.07) is 4.81. The number of amides is 1. The Labute approximate surface area is 138 Å². The lowest BCUT2D eigenvalue weighted by atomic mass is 10.1. The van der Waals surface area contributed by atoms with Gasteiger partial charge in [0, 0.05) is 12.5 Å². The first-order valence-electron chi connectivity index (χ1n) is 7.57. The zero-order valence-electron chi connectivity index (χ0n) is 13.4. The van der Waals surface area contributed by atoms with Crippen molar-refractivity contribution in [3.63, 3.8) is 0 Å². The molecule has 24 heavy (non-hydrogen) atoms. The van der Waals surface area contributed by atoms with Crippen LogP contribution in [0.5, 0.6) is 5.75 Å². The van der Waals surface area contributed by atoms with Gasteiger partial charge in [0.15, 0.2) is 11.6 Å². The highest BCUT2D eigenvalue weighted by atomic mass is 19.1. The standard InChI is InChI=1S/C17H19F2NO4/c1-3-23-14-7-6-11(18)15(16(14)19)17(22)20-10(2)9-12(21)13-5-4-8-24-13/h4-8,10,12,21H,3,9H2,1-2H3,(H,20,22). The monoisotopic (exact) mass is 339 g/mol. The van der Waals surface area contributed by atoms with E-state index in [4.69, 9.17) is 9.15 Å². The van der Waals surface area contributed by atoms with Crippen LogP contribution in [0.25, 0.3) is 0 Å². The lowest BCUT2D eigenvalue weighted by Crippen LogP contribution is -2.35. The van der Waals surface area contributed by atoms with Crippen molar-refractivity contribution in [2.45, 2.75) is 32.4 Å². The zero-order chi connectivity index (χ0) is 17.7. The van der Waals surface area contributed by atoms with E-state index in [-0.39, 0.29) is 18.8 Å². The van der Waals surface area contributed by atoms with Crippen LogP contribution in [-0.4, -0.2) is 23.7 Å². The molecule has 0 aliphatic rings. The predicted octanol–water partition coefficient (Wildman–Crippen LogP) is 3.20. The van der Waals surface area contributed by atoms with Gasteiger partial charge in [-0.25, -0.2) is 8.78 Å². The smallest absolute Gasteiger partial charge is 0.257 e. The van der Waals surface area contributed by atoms with Gasteiger partial charge in [0.25, 0.3) is 5.91 Å². The fraction of sp³-hybridized carbons (Fsp3) is 0.353. The summed E-state index contributed by atoms with van der Waals surface area (Å²) < 4.78 is 38.1. The van der Waals surface area contributed by atoms with E-state index < -0.39 is 35.3 Å². The molecule has 1 heterocycles. The number of nitrogens with one attached hydrogen (secondary N) is 1. The van der Waals surface area contributed by atoms with E-state index >= 15 is 0 Å². The minimum atomic E-state index is -1.05. The fourth-order valence-corrected chi connectivity index (χ4v) is 2.30. The highest BCUT2D eigenvalue weighted by Gasteiger charge is 2.24. The Morgan fingerprint density at radius 3 is 2.75 bits per heavy atom. The number of hydrogen-bond donors (Lipinski definition) is 2. The summed E-state index contributed by atoms with van der Waals surface area (Å²) in [4.78, 5) is 12.2. The Balaban J connectivity index is 2.07. The molecule has 2 atom stereocenters. The molecule has 0 aliphatic heterocycles. The van der Waals surface area contributed by atoms with E-state index in [0.29, 0.717) is 5.76 Å². The van der Waals surface area contributed by atoms with Crippen molar-refractivity contribution in [3.05, 3.63) is 53.5 Å². The molecule has 1 aromatic carbocycles. The van der Waals surface area contributed by atoms with Crippen LogP contribution in [0.3, 0.4) is 0 Å². The van der Waals surface area contributed by atoms with Gasteiger partial charge in [-0.15, -0.1) is 0 Å². The molecule has 0 saturated carbocycles. The molecule has 7 heteroatoms. The number of ether oxygens (including phenoxy) is 1. The van der Waals surface area contributed by atoms with Gasteiger partial charge in [-0.3, -0.25) is 4.79 Å². The highest BCUT2D eigenvalue weighted by molar-refractivity contribution is 5.95. The van der Waals surface area contributed by atoms with Crippen molar-refractivity contribution in [2.24, 2.45) is 0 Å². The molecule has 5 nitrogen and oxygen atoms in total. The maximum atomic E-state index is 14.2. The summed E-state index contributed by atoms with van der Waals surface area (Å²) in [5.74, 6) is -2.77. The average molecular weight is 339 g/mol. The summed E-state index contributed by atoms with van der Waals surface area (Å²) in [5.41, 5.74) is -0.708. The average Bonchev–Trinajstić information content (AvgIpc) is 3.04. The van der Waals surface area contributed by atoms with Crippen LogP contribution in [0.2, 0.25) is 0 Å². The fourth-order valence-electron chi connectivity index (χ4n) is 2.30. The number of furan rings is 1. The van der Waals surface area contributed by atoms with Crippen LogP contribution in [-0.2, 0) is 0 Å². The van der Waals surface area contributed by atoms with Crippen LogP contribution >= 0.6 is 0 Å². The molecule has 1 aromatic heterocycles. The van der Waals surface area contributed by atoms with E-state index in [1.54, 1.807) is 26.0 Å². The van der Waals surface area contributed by atoms with Crippen LogP contribution in [0, 0.1) is 11.6 Å². The number of carbonyl (C=O) groups is 1. The number of hydrogen-bond acceptors (Lipinski definition) is 4. The van der Waals surface area contributed by atoms with Gasteiger partial charge in [0.05, 0.1) is 12.9 Å². The summed E-state index contributed by atoms with van der Waals surface area (Å²) in [5, 5.41) is 12.4. The number of rotatable bonds is 7. The third kappa shape index (κ3) is 4.11. The quantitative estimate of drug-likeness (QED) is 0.813. The van der Waals surface area contributed by atoms with Gasteiger partial charge < -0.3 is 19.6 Å². The molecule has 0 fully saturated rings. The van der Waals surface area contributed by atoms with E-state index in [0.717, 1.165) is 12.1 Å². The lowest BCUT2D eigenvalue weighted by molar-refractivity contribution is 0.0894. The second-order valence-corrected chi connectivity index (χ2v) is 5.31. The number of benzene rings is 1. The first-order valence-corrected chi connectivity index (χ1v) is 7.57. The summed E-state index contributed by atoms with van der Waals surface area (Å²) in [6.45, 7) is 3.46. The van der Waals surface area contributed by atoms with Gasteiger partial charge in [-0.05, 0) is 38.1 Å². The topological polar surface area (TPSA) is 71.7 Å². The van der Waals surface area contributed by atoms with Gasteiger partial charge in [-0.1, -0.05) is 0 Å². The molecule has 2 rings (SSSR count). The van der Waals surface area contributed by atoms with Gasteiger partial charge >= 0.3 is 0 Å². The van der Waals surface area contributed by atoms with Crippen LogP contribution in [0.1, 0.15) is 42.5 Å². The second kappa shape index (κ2) is 7.92. The Hall–Kier alpha value is -2.41. The van der Waals surface area contributed by atoms with E-state index in [1.807, 2.05) is 0 Å². The molecule has 130 valence electrons. The first-order chi connectivity index (χ1) is 11.4. The highest BCUT2D eigenvalue weighted by Crippen LogP contribution is 2.24. The number of carbonyl (C=O) groups excluding carboxylic acids is 1. The van der Waals surface area contributed by atoms with E-state index in [1.165, 1.54) is 6.26 Å². The second-order valence-electron chi connectivity index (χ2n) is 5.31. The third-order valence-corrected chi connectivity index (χ3v) is 3.41. The van der Waals surface area contributed by atoms with Crippen LogP contribution in [0.4, 0.5) is 8.78 Å². The largest absolute Gasteiger partial charge is 0.491 e. The Bertz CT molecular complexity index is 688. The first kappa shape index (κ1) is 17.9. The normalized spacial score (nSPS) is 13.4. The molecule has 1 amide bonds. The van der Waals surface area contributed by atoms with Gasteiger partial charge in [-0.2, -0.15) is 0 Å². The maximum Gasteiger partial charge on any atom is 0.257 e. The molecule has 2 aromatic rings. The molecule has 0 aliphatic carbocycles. The van der Waals surface area contributed by atoms with Crippen molar-refractivity contribution < 1.29 is 27.8 Å². The van der Waals surface area contributed by atoms with Crippen molar-refractivity contribution in [1.29, 1.82) is 0 Å². The van der Waals surface area contributed by atoms with Crippen molar-refractivity contribution in [2.75, 3.05) is 6.61 Å². The Morgan fingerprint density at radius 2 is 2.12 bits per heavy atom. The predicted molar refractivity (Wildman–Crippen MR) is 82.7 cm³/mol. The zero-order valence-corrected chi connectivity index (χ0v) is 13.4.